The summed E-state index contributed by atoms with van der Waals surface area (Å²) in [5.41, 5.74) is 0.329. The van der Waals surface area contributed by atoms with Gasteiger partial charge in [0, 0.05) is 31.2 Å². The van der Waals surface area contributed by atoms with Crippen molar-refractivity contribution in [1.29, 1.82) is 0 Å². The molecule has 5 nitrogen and oxygen atoms in total. The number of carbonyl (C=O) groups excluding carboxylic acids is 2. The van der Waals surface area contributed by atoms with E-state index in [2.05, 4.69) is 10.3 Å². The number of hydrogen-bond acceptors (Lipinski definition) is 4. The molecule has 0 unspecified atom stereocenters. The van der Waals surface area contributed by atoms with Gasteiger partial charge in [0.2, 0.25) is 5.91 Å². The lowest BCUT2D eigenvalue weighted by Gasteiger charge is -2.32. The second-order valence-corrected chi connectivity index (χ2v) is 8.05. The van der Waals surface area contributed by atoms with Crippen LogP contribution in [0.2, 0.25) is 0 Å². The highest BCUT2D eigenvalue weighted by molar-refractivity contribution is 7.98. The molecule has 0 spiro atoms. The molecule has 6 heteroatoms. The van der Waals surface area contributed by atoms with Crippen LogP contribution in [0.15, 0.2) is 23.4 Å². The highest BCUT2D eigenvalue weighted by atomic mass is 32.2. The van der Waals surface area contributed by atoms with Gasteiger partial charge in [-0.05, 0) is 37.1 Å². The van der Waals surface area contributed by atoms with Crippen LogP contribution in [0.1, 0.15) is 44.0 Å². The Kier molecular flexibility index (Phi) is 6.27. The third-order valence-corrected chi connectivity index (χ3v) is 5.04. The first-order chi connectivity index (χ1) is 11.3. The van der Waals surface area contributed by atoms with Crippen molar-refractivity contribution >= 4 is 23.6 Å². The summed E-state index contributed by atoms with van der Waals surface area (Å²) in [7, 11) is 0. The maximum atomic E-state index is 12.7. The Labute approximate surface area is 148 Å². The fraction of sp³-hybridized carbons (Fsp3) is 0.611. The minimum absolute atomic E-state index is 0.0598. The molecule has 1 aliphatic heterocycles. The van der Waals surface area contributed by atoms with Gasteiger partial charge in [-0.2, -0.15) is 0 Å². The van der Waals surface area contributed by atoms with Crippen LogP contribution in [0.3, 0.4) is 0 Å². The van der Waals surface area contributed by atoms with Gasteiger partial charge in [0.05, 0.1) is 5.56 Å². The van der Waals surface area contributed by atoms with Crippen LogP contribution in [0, 0.1) is 11.3 Å². The number of nitrogens with zero attached hydrogens (tertiary/aromatic N) is 2. The monoisotopic (exact) mass is 349 g/mol. The van der Waals surface area contributed by atoms with Crippen LogP contribution in [-0.2, 0) is 4.79 Å². The normalized spacial score (nSPS) is 16.1. The zero-order valence-electron chi connectivity index (χ0n) is 15.0. The van der Waals surface area contributed by atoms with Gasteiger partial charge >= 0.3 is 0 Å². The molecule has 2 rings (SSSR count). The average Bonchev–Trinajstić information content (AvgIpc) is 2.58. The summed E-state index contributed by atoms with van der Waals surface area (Å²) >= 11 is 1.50. The van der Waals surface area contributed by atoms with Crippen LogP contribution in [0.25, 0.3) is 0 Å². The number of nitrogens with one attached hydrogen (secondary N) is 1. The van der Waals surface area contributed by atoms with Crippen LogP contribution in [0.5, 0.6) is 0 Å². The molecule has 132 valence electrons. The summed E-state index contributed by atoms with van der Waals surface area (Å²) < 4.78 is 0. The molecule has 0 bridgehead atoms. The Bertz CT molecular complexity index is 590. The highest BCUT2D eigenvalue weighted by Gasteiger charge is 2.27. The number of hydrogen-bond donors (Lipinski definition) is 1. The fourth-order valence-corrected chi connectivity index (χ4v) is 3.27. The predicted molar refractivity (Wildman–Crippen MR) is 97.1 cm³/mol. The smallest absolute Gasteiger partial charge is 0.256 e. The van der Waals surface area contributed by atoms with Gasteiger partial charge in [0.25, 0.3) is 5.91 Å². The average molecular weight is 350 g/mol. The third kappa shape index (κ3) is 4.72. The Morgan fingerprint density at radius 1 is 1.33 bits per heavy atom. The molecule has 2 amide bonds. The maximum Gasteiger partial charge on any atom is 0.256 e. The van der Waals surface area contributed by atoms with E-state index in [-0.39, 0.29) is 17.2 Å². The summed E-state index contributed by atoms with van der Waals surface area (Å²) in [5.74, 6) is 0.583. The minimum Gasteiger partial charge on any atom is -0.355 e. The van der Waals surface area contributed by atoms with E-state index in [0.717, 1.165) is 31.0 Å². The summed E-state index contributed by atoms with van der Waals surface area (Å²) in [5, 5.41) is 3.81. The van der Waals surface area contributed by atoms with E-state index in [9.17, 15) is 9.59 Å². The van der Waals surface area contributed by atoms with Gasteiger partial charge < -0.3 is 10.2 Å². The first-order valence-electron chi connectivity index (χ1n) is 8.39. The van der Waals surface area contributed by atoms with E-state index < -0.39 is 0 Å². The number of likely N-dealkylation sites (tertiary alicyclic amines) is 1. The summed E-state index contributed by atoms with van der Waals surface area (Å²) in [6.45, 7) is 7.92. The lowest BCUT2D eigenvalue weighted by molar-refractivity contribution is -0.128. The predicted octanol–water partition coefficient (Wildman–Crippen LogP) is 2.82. The molecule has 1 N–H and O–H groups in total. The molecule has 1 aromatic heterocycles. The molecule has 1 saturated heterocycles. The van der Waals surface area contributed by atoms with Crippen LogP contribution < -0.4 is 5.32 Å². The molecule has 0 atom stereocenters. The van der Waals surface area contributed by atoms with Gasteiger partial charge in [0.15, 0.2) is 0 Å². The van der Waals surface area contributed by atoms with E-state index in [0.29, 0.717) is 18.0 Å². The molecule has 2 heterocycles. The number of carbonyl (C=O) groups is 2. The number of thioether (sulfide) groups is 1. The third-order valence-electron chi connectivity index (χ3n) is 4.33. The number of piperidine rings is 1. The van der Waals surface area contributed by atoms with Crippen molar-refractivity contribution < 1.29 is 9.59 Å². The molecule has 0 radical (unpaired) electrons. The summed E-state index contributed by atoms with van der Waals surface area (Å²) in [6, 6.07) is 3.65. The van der Waals surface area contributed by atoms with Crippen molar-refractivity contribution in [3.8, 4) is 0 Å². The van der Waals surface area contributed by atoms with Crippen molar-refractivity contribution in [2.45, 2.75) is 38.6 Å². The first-order valence-corrected chi connectivity index (χ1v) is 9.62. The van der Waals surface area contributed by atoms with Crippen molar-refractivity contribution in [2.24, 2.45) is 11.3 Å². The largest absolute Gasteiger partial charge is 0.355 e. The topological polar surface area (TPSA) is 62.3 Å². The number of amides is 2. The fourth-order valence-electron chi connectivity index (χ4n) is 2.73. The van der Waals surface area contributed by atoms with E-state index in [4.69, 9.17) is 0 Å². The zero-order chi connectivity index (χ0) is 17.7. The van der Waals surface area contributed by atoms with Gasteiger partial charge in [-0.1, -0.05) is 20.8 Å². The second-order valence-electron chi connectivity index (χ2n) is 7.26. The van der Waals surface area contributed by atoms with E-state index in [1.807, 2.05) is 44.1 Å². The van der Waals surface area contributed by atoms with Gasteiger partial charge in [-0.25, -0.2) is 4.98 Å². The lowest BCUT2D eigenvalue weighted by Crippen LogP contribution is -2.43. The molecule has 1 aliphatic rings. The number of rotatable bonds is 4. The molecular formula is C18H27N3O2S. The van der Waals surface area contributed by atoms with Gasteiger partial charge in [0.1, 0.15) is 5.03 Å². The van der Waals surface area contributed by atoms with Gasteiger partial charge in [-0.15, -0.1) is 11.8 Å². The quantitative estimate of drug-likeness (QED) is 0.849. The summed E-state index contributed by atoms with van der Waals surface area (Å²) in [6.07, 6.45) is 5.49. The Morgan fingerprint density at radius 2 is 2.00 bits per heavy atom. The maximum absolute atomic E-state index is 12.7. The van der Waals surface area contributed by atoms with Crippen LogP contribution in [-0.4, -0.2) is 47.6 Å². The lowest BCUT2D eigenvalue weighted by atomic mass is 9.93. The first kappa shape index (κ1) is 18.8. The van der Waals surface area contributed by atoms with E-state index in [1.54, 1.807) is 6.20 Å². The Balaban J connectivity index is 1.86. The molecule has 0 aromatic carbocycles. The van der Waals surface area contributed by atoms with Crippen molar-refractivity contribution in [3.05, 3.63) is 23.9 Å². The minimum atomic E-state index is -0.356. The zero-order valence-corrected chi connectivity index (χ0v) is 15.8. The van der Waals surface area contributed by atoms with Gasteiger partial charge in [-0.3, -0.25) is 9.59 Å². The highest BCUT2D eigenvalue weighted by Crippen LogP contribution is 2.23. The number of pyridine rings is 1. The van der Waals surface area contributed by atoms with E-state index >= 15 is 0 Å². The Morgan fingerprint density at radius 3 is 2.58 bits per heavy atom. The standard InChI is InChI=1S/C18H27N3O2S/c1-18(2,3)17(23)20-12-13-7-10-21(11-8-13)16(22)14-6-5-9-19-15(14)24-4/h5-6,9,13H,7-8,10-12H2,1-4H3,(H,20,23). The molecule has 1 fully saturated rings. The number of aromatic nitrogens is 1. The molecular weight excluding hydrogens is 322 g/mol. The molecule has 1 aromatic rings. The van der Waals surface area contributed by atoms with Crippen LogP contribution in [0.4, 0.5) is 0 Å². The molecule has 0 saturated carbocycles. The SMILES string of the molecule is CSc1ncccc1C(=O)N1CCC(CNC(=O)C(C)(C)C)CC1. The van der Waals surface area contributed by atoms with Crippen molar-refractivity contribution in [2.75, 3.05) is 25.9 Å². The van der Waals surface area contributed by atoms with Crippen molar-refractivity contribution in [3.63, 3.8) is 0 Å². The Hall–Kier alpha value is -1.56. The van der Waals surface area contributed by atoms with Crippen LogP contribution >= 0.6 is 11.8 Å². The second kappa shape index (κ2) is 8.01. The molecule has 24 heavy (non-hydrogen) atoms. The van der Waals surface area contributed by atoms with E-state index in [1.165, 1.54) is 11.8 Å². The summed E-state index contributed by atoms with van der Waals surface area (Å²) in [4.78, 5) is 30.8. The van der Waals surface area contributed by atoms with Crippen molar-refractivity contribution in [1.82, 2.24) is 15.2 Å². The molecule has 0 aliphatic carbocycles.